The molecule has 1 heterocycles. The molecule has 0 unspecified atom stereocenters. The van der Waals surface area contributed by atoms with E-state index in [9.17, 15) is 13.8 Å². The summed E-state index contributed by atoms with van der Waals surface area (Å²) in [6, 6.07) is 8.17. The standard InChI is InChI=1S/C17H23NO4S/c1-17(2,3)16-18(14(19)12-8-6-5-7-9-12)13(15(20)22-16)10-11-23(4)21/h5-9,13,16H,10-11H2,1-4H3/t13-,16-,23-/m0/s1. The summed E-state index contributed by atoms with van der Waals surface area (Å²) in [5.74, 6) is -0.294. The van der Waals surface area contributed by atoms with Crippen LogP contribution in [0.2, 0.25) is 0 Å². The molecule has 0 spiro atoms. The Morgan fingerprint density at radius 2 is 1.87 bits per heavy atom. The van der Waals surface area contributed by atoms with Gasteiger partial charge in [-0.2, -0.15) is 0 Å². The van der Waals surface area contributed by atoms with Gasteiger partial charge in [-0.3, -0.25) is 13.9 Å². The molecule has 1 saturated heterocycles. The molecular formula is C17H23NO4S. The summed E-state index contributed by atoms with van der Waals surface area (Å²) < 4.78 is 16.9. The predicted molar refractivity (Wildman–Crippen MR) is 89.3 cm³/mol. The Morgan fingerprint density at radius 1 is 1.26 bits per heavy atom. The van der Waals surface area contributed by atoms with Gasteiger partial charge < -0.3 is 4.74 Å². The topological polar surface area (TPSA) is 63.7 Å². The Balaban J connectivity index is 2.35. The first-order chi connectivity index (χ1) is 10.7. The third kappa shape index (κ3) is 3.99. The van der Waals surface area contributed by atoms with Crippen molar-refractivity contribution < 1.29 is 18.5 Å². The highest BCUT2D eigenvalue weighted by Gasteiger charge is 2.49. The lowest BCUT2D eigenvalue weighted by molar-refractivity contribution is -0.147. The number of benzene rings is 1. The van der Waals surface area contributed by atoms with Crippen LogP contribution in [0.25, 0.3) is 0 Å². The van der Waals surface area contributed by atoms with Gasteiger partial charge in [-0.1, -0.05) is 39.0 Å². The zero-order chi connectivity index (χ0) is 17.2. The van der Waals surface area contributed by atoms with Crippen LogP contribution in [0.1, 0.15) is 37.6 Å². The van der Waals surface area contributed by atoms with E-state index >= 15 is 0 Å². The largest absolute Gasteiger partial charge is 0.439 e. The second-order valence-corrected chi connectivity index (χ2v) is 8.37. The van der Waals surface area contributed by atoms with E-state index in [1.165, 1.54) is 4.90 Å². The van der Waals surface area contributed by atoms with Crippen LogP contribution >= 0.6 is 0 Å². The number of carbonyl (C=O) groups is 2. The maximum atomic E-state index is 12.9. The molecule has 23 heavy (non-hydrogen) atoms. The third-order valence-corrected chi connectivity index (χ3v) is 4.57. The molecule has 2 rings (SSSR count). The van der Waals surface area contributed by atoms with Crippen molar-refractivity contribution in [3.63, 3.8) is 0 Å². The Hall–Kier alpha value is -1.69. The molecule has 126 valence electrons. The number of rotatable bonds is 4. The smallest absolute Gasteiger partial charge is 0.330 e. The van der Waals surface area contributed by atoms with Gasteiger partial charge in [-0.25, -0.2) is 4.79 Å². The SMILES string of the molecule is C[S@](=O)CC[C@H]1C(=O)O[C@@H](C(C)(C)C)N1C(=O)c1ccccc1. The Labute approximate surface area is 139 Å². The molecule has 0 N–H and O–H groups in total. The zero-order valence-electron chi connectivity index (χ0n) is 13.9. The molecule has 0 saturated carbocycles. The Morgan fingerprint density at radius 3 is 2.39 bits per heavy atom. The summed E-state index contributed by atoms with van der Waals surface area (Å²) in [5, 5.41) is 0. The maximum Gasteiger partial charge on any atom is 0.330 e. The lowest BCUT2D eigenvalue weighted by Gasteiger charge is -2.34. The lowest BCUT2D eigenvalue weighted by atomic mass is 9.92. The van der Waals surface area contributed by atoms with Crippen LogP contribution in [0, 0.1) is 5.41 Å². The summed E-state index contributed by atoms with van der Waals surface area (Å²) >= 11 is 0. The summed E-state index contributed by atoms with van der Waals surface area (Å²) in [4.78, 5) is 26.7. The van der Waals surface area contributed by atoms with Gasteiger partial charge >= 0.3 is 5.97 Å². The van der Waals surface area contributed by atoms with Crippen molar-refractivity contribution in [2.45, 2.75) is 39.5 Å². The average Bonchev–Trinajstić information content (AvgIpc) is 2.82. The molecule has 6 heteroatoms. The van der Waals surface area contributed by atoms with Gasteiger partial charge in [0.15, 0.2) is 6.23 Å². The summed E-state index contributed by atoms with van der Waals surface area (Å²) in [6.07, 6.45) is 1.30. The van der Waals surface area contributed by atoms with Crippen LogP contribution in [0.15, 0.2) is 30.3 Å². The normalized spacial score (nSPS) is 22.8. The minimum atomic E-state index is -1.03. The Bertz CT molecular complexity index is 609. The molecule has 1 aliphatic rings. The van der Waals surface area contributed by atoms with E-state index < -0.39 is 34.5 Å². The summed E-state index contributed by atoms with van der Waals surface area (Å²) in [6.45, 7) is 5.78. The summed E-state index contributed by atoms with van der Waals surface area (Å²) in [7, 11) is -1.03. The fraction of sp³-hybridized carbons (Fsp3) is 0.529. The molecule has 5 nitrogen and oxygen atoms in total. The Kier molecular flexibility index (Phi) is 5.24. The van der Waals surface area contributed by atoms with Gasteiger partial charge in [0.2, 0.25) is 0 Å². The molecule has 3 atom stereocenters. The van der Waals surface area contributed by atoms with Gasteiger partial charge in [0, 0.05) is 33.8 Å². The van der Waals surface area contributed by atoms with Crippen LogP contribution in [0.5, 0.6) is 0 Å². The first-order valence-corrected chi connectivity index (χ1v) is 9.33. The van der Waals surface area contributed by atoms with E-state index in [2.05, 4.69) is 0 Å². The van der Waals surface area contributed by atoms with Crippen LogP contribution in [0.4, 0.5) is 0 Å². The van der Waals surface area contributed by atoms with Crippen LogP contribution < -0.4 is 0 Å². The van der Waals surface area contributed by atoms with Gasteiger partial charge in [-0.15, -0.1) is 0 Å². The van der Waals surface area contributed by atoms with Gasteiger partial charge in [-0.05, 0) is 18.6 Å². The maximum absolute atomic E-state index is 12.9. The van der Waals surface area contributed by atoms with E-state index in [0.29, 0.717) is 17.7 Å². The molecule has 1 aliphatic heterocycles. The van der Waals surface area contributed by atoms with Crippen molar-refractivity contribution in [3.8, 4) is 0 Å². The van der Waals surface area contributed by atoms with Crippen molar-refractivity contribution in [1.29, 1.82) is 0 Å². The number of carbonyl (C=O) groups excluding carboxylic acids is 2. The fourth-order valence-electron chi connectivity index (χ4n) is 2.63. The number of nitrogens with zero attached hydrogens (tertiary/aromatic N) is 1. The van der Waals surface area contributed by atoms with E-state index in [1.807, 2.05) is 26.8 Å². The number of amides is 1. The predicted octanol–water partition coefficient (Wildman–Crippen LogP) is 2.19. The average molecular weight is 337 g/mol. The highest BCUT2D eigenvalue weighted by atomic mass is 32.2. The number of esters is 1. The third-order valence-electron chi connectivity index (χ3n) is 3.76. The van der Waals surface area contributed by atoms with Crippen molar-refractivity contribution >= 4 is 22.7 Å². The molecule has 0 aliphatic carbocycles. The van der Waals surface area contributed by atoms with Crippen LogP contribution in [0.3, 0.4) is 0 Å². The van der Waals surface area contributed by atoms with Crippen molar-refractivity contribution in [1.82, 2.24) is 4.90 Å². The minimum absolute atomic E-state index is 0.233. The quantitative estimate of drug-likeness (QED) is 0.790. The zero-order valence-corrected chi connectivity index (χ0v) is 14.8. The minimum Gasteiger partial charge on any atom is -0.439 e. The molecule has 0 radical (unpaired) electrons. The van der Waals surface area contributed by atoms with Crippen LogP contribution in [-0.2, 0) is 20.3 Å². The summed E-state index contributed by atoms with van der Waals surface area (Å²) in [5.41, 5.74) is 0.114. The van der Waals surface area contributed by atoms with Gasteiger partial charge in [0.1, 0.15) is 6.04 Å². The van der Waals surface area contributed by atoms with E-state index in [0.717, 1.165) is 0 Å². The lowest BCUT2D eigenvalue weighted by Crippen LogP contribution is -2.48. The molecule has 0 aromatic heterocycles. The highest BCUT2D eigenvalue weighted by molar-refractivity contribution is 7.84. The number of hydrogen-bond donors (Lipinski definition) is 0. The van der Waals surface area contributed by atoms with Gasteiger partial charge in [0.25, 0.3) is 5.91 Å². The molecule has 1 aromatic carbocycles. The second-order valence-electron chi connectivity index (χ2n) is 6.82. The molecule has 0 bridgehead atoms. The van der Waals surface area contributed by atoms with Gasteiger partial charge in [0.05, 0.1) is 0 Å². The molecular weight excluding hydrogens is 314 g/mol. The van der Waals surface area contributed by atoms with E-state index in [-0.39, 0.29) is 5.91 Å². The van der Waals surface area contributed by atoms with Crippen molar-refractivity contribution in [2.75, 3.05) is 12.0 Å². The molecule has 1 fully saturated rings. The van der Waals surface area contributed by atoms with E-state index in [4.69, 9.17) is 4.74 Å². The highest BCUT2D eigenvalue weighted by Crippen LogP contribution is 2.34. The number of cyclic esters (lactones) is 1. The number of ether oxygens (including phenoxy) is 1. The monoisotopic (exact) mass is 337 g/mol. The van der Waals surface area contributed by atoms with Crippen LogP contribution in [-0.4, -0.2) is 45.3 Å². The van der Waals surface area contributed by atoms with E-state index in [1.54, 1.807) is 30.5 Å². The molecule has 1 aromatic rings. The first-order valence-electron chi connectivity index (χ1n) is 7.60. The fourth-order valence-corrected chi connectivity index (χ4v) is 3.18. The number of hydrogen-bond acceptors (Lipinski definition) is 4. The van der Waals surface area contributed by atoms with Crippen molar-refractivity contribution in [3.05, 3.63) is 35.9 Å². The van der Waals surface area contributed by atoms with Crippen molar-refractivity contribution in [2.24, 2.45) is 5.41 Å². The first kappa shape index (κ1) is 17.7. The molecule has 1 amide bonds. The second kappa shape index (κ2) is 6.83.